The summed E-state index contributed by atoms with van der Waals surface area (Å²) in [6.45, 7) is 1.07. The number of ether oxygens (including phenoxy) is 1. The number of aromatic amines is 1. The van der Waals surface area contributed by atoms with Crippen LogP contribution in [0.3, 0.4) is 0 Å². The van der Waals surface area contributed by atoms with Gasteiger partial charge >= 0.3 is 0 Å². The maximum absolute atomic E-state index is 5.40. The molecule has 1 saturated heterocycles. The van der Waals surface area contributed by atoms with E-state index < -0.39 is 0 Å². The predicted octanol–water partition coefficient (Wildman–Crippen LogP) is 3.27. The Bertz CT molecular complexity index is 576. The van der Waals surface area contributed by atoms with Crippen LogP contribution < -0.4 is 10.1 Å². The van der Waals surface area contributed by atoms with E-state index in [4.69, 9.17) is 4.74 Å². The second-order valence-electron chi connectivity index (χ2n) is 4.65. The summed E-state index contributed by atoms with van der Waals surface area (Å²) in [5.74, 6) is 0.834. The molecule has 1 aliphatic heterocycles. The molecule has 1 aromatic carbocycles. The molecule has 0 aliphatic carbocycles. The number of para-hydroxylation sites is 1. The van der Waals surface area contributed by atoms with Crippen LogP contribution in [-0.4, -0.2) is 23.9 Å². The van der Waals surface area contributed by atoms with Crippen molar-refractivity contribution in [2.45, 2.75) is 18.9 Å². The van der Waals surface area contributed by atoms with Crippen LogP contribution >= 0.6 is 15.9 Å². The van der Waals surface area contributed by atoms with Crippen LogP contribution in [0.1, 0.15) is 24.6 Å². The first-order chi connectivity index (χ1) is 9.31. The maximum atomic E-state index is 5.40. The van der Waals surface area contributed by atoms with Crippen LogP contribution in [0.15, 0.2) is 28.7 Å². The molecule has 0 bridgehead atoms. The number of nitrogens with zero attached hydrogens (tertiary/aromatic N) is 1. The molecule has 3 rings (SSSR count). The zero-order valence-corrected chi connectivity index (χ0v) is 12.3. The molecule has 1 atom stereocenters. The number of benzene rings is 1. The highest BCUT2D eigenvalue weighted by Crippen LogP contribution is 2.38. The largest absolute Gasteiger partial charge is 0.496 e. The number of aromatic nitrogens is 2. The van der Waals surface area contributed by atoms with Gasteiger partial charge in [0.25, 0.3) is 0 Å². The fourth-order valence-electron chi connectivity index (χ4n) is 2.52. The van der Waals surface area contributed by atoms with Crippen molar-refractivity contribution in [3.63, 3.8) is 0 Å². The molecular formula is C14H16BrN3O. The van der Waals surface area contributed by atoms with Gasteiger partial charge in [0, 0.05) is 5.56 Å². The van der Waals surface area contributed by atoms with Gasteiger partial charge in [-0.1, -0.05) is 12.1 Å². The lowest BCUT2D eigenvalue weighted by molar-refractivity contribution is 0.416. The molecule has 0 spiro atoms. The van der Waals surface area contributed by atoms with Gasteiger partial charge in [0.2, 0.25) is 0 Å². The molecule has 1 fully saturated rings. The lowest BCUT2D eigenvalue weighted by atomic mass is 10.1. The topological polar surface area (TPSA) is 49.9 Å². The van der Waals surface area contributed by atoms with E-state index in [9.17, 15) is 0 Å². The summed E-state index contributed by atoms with van der Waals surface area (Å²) in [6.07, 6.45) is 2.35. The number of H-pyrrole nitrogens is 1. The van der Waals surface area contributed by atoms with Gasteiger partial charge < -0.3 is 10.1 Å². The third-order valence-electron chi connectivity index (χ3n) is 3.50. The Kier molecular flexibility index (Phi) is 3.57. The van der Waals surface area contributed by atoms with Gasteiger partial charge in [0.15, 0.2) is 0 Å². The summed E-state index contributed by atoms with van der Waals surface area (Å²) in [5.41, 5.74) is 3.02. The highest BCUT2D eigenvalue weighted by molar-refractivity contribution is 9.10. The van der Waals surface area contributed by atoms with Crippen LogP contribution in [0.25, 0.3) is 11.3 Å². The van der Waals surface area contributed by atoms with Gasteiger partial charge in [-0.3, -0.25) is 5.10 Å². The van der Waals surface area contributed by atoms with E-state index in [1.807, 2.05) is 24.3 Å². The SMILES string of the molecule is COc1ccccc1-c1n[nH]c(C2CCCN2)c1Br. The Balaban J connectivity index is 2.01. The van der Waals surface area contributed by atoms with Gasteiger partial charge in [-0.25, -0.2) is 0 Å². The van der Waals surface area contributed by atoms with Gasteiger partial charge in [-0.2, -0.15) is 5.10 Å². The predicted molar refractivity (Wildman–Crippen MR) is 78.3 cm³/mol. The zero-order chi connectivity index (χ0) is 13.2. The molecular weight excluding hydrogens is 306 g/mol. The number of methoxy groups -OCH3 is 1. The molecule has 19 heavy (non-hydrogen) atoms. The molecule has 1 aliphatic rings. The van der Waals surface area contributed by atoms with E-state index in [0.29, 0.717) is 6.04 Å². The second-order valence-corrected chi connectivity index (χ2v) is 5.44. The third kappa shape index (κ3) is 2.28. The van der Waals surface area contributed by atoms with Crippen LogP contribution in [-0.2, 0) is 0 Å². The monoisotopic (exact) mass is 321 g/mol. The van der Waals surface area contributed by atoms with Crippen molar-refractivity contribution in [2.24, 2.45) is 0 Å². The minimum atomic E-state index is 0.366. The van der Waals surface area contributed by atoms with Crippen molar-refractivity contribution in [2.75, 3.05) is 13.7 Å². The lowest BCUT2D eigenvalue weighted by Gasteiger charge is -2.09. The standard InChI is InChI=1S/C14H16BrN3O/c1-19-11-7-3-2-5-9(11)13-12(15)14(18-17-13)10-6-4-8-16-10/h2-3,5,7,10,16H,4,6,8H2,1H3,(H,17,18). The van der Waals surface area contributed by atoms with Crippen molar-refractivity contribution < 1.29 is 4.74 Å². The summed E-state index contributed by atoms with van der Waals surface area (Å²) in [4.78, 5) is 0. The van der Waals surface area contributed by atoms with Crippen LogP contribution in [0.4, 0.5) is 0 Å². The second kappa shape index (κ2) is 5.35. The van der Waals surface area contributed by atoms with Crippen molar-refractivity contribution in [1.29, 1.82) is 0 Å². The molecule has 1 unspecified atom stereocenters. The highest BCUT2D eigenvalue weighted by Gasteiger charge is 2.24. The average molecular weight is 322 g/mol. The van der Waals surface area contributed by atoms with E-state index in [2.05, 4.69) is 31.4 Å². The summed E-state index contributed by atoms with van der Waals surface area (Å²) < 4.78 is 6.42. The minimum absolute atomic E-state index is 0.366. The molecule has 100 valence electrons. The number of hydrogen-bond acceptors (Lipinski definition) is 3. The van der Waals surface area contributed by atoms with Crippen molar-refractivity contribution in [3.8, 4) is 17.0 Å². The van der Waals surface area contributed by atoms with Crippen molar-refractivity contribution in [1.82, 2.24) is 15.5 Å². The first-order valence-corrected chi connectivity index (χ1v) is 7.21. The molecule has 0 saturated carbocycles. The Morgan fingerprint density at radius 1 is 1.37 bits per heavy atom. The van der Waals surface area contributed by atoms with Crippen LogP contribution in [0.2, 0.25) is 0 Å². The summed E-state index contributed by atoms with van der Waals surface area (Å²) in [5, 5.41) is 11.1. The molecule has 2 aromatic rings. The summed E-state index contributed by atoms with van der Waals surface area (Å²) in [6, 6.07) is 8.29. The number of rotatable bonds is 3. The quantitative estimate of drug-likeness (QED) is 0.912. The smallest absolute Gasteiger partial charge is 0.128 e. The molecule has 5 heteroatoms. The van der Waals surface area contributed by atoms with Crippen LogP contribution in [0.5, 0.6) is 5.75 Å². The van der Waals surface area contributed by atoms with E-state index in [1.165, 1.54) is 6.42 Å². The highest BCUT2D eigenvalue weighted by atomic mass is 79.9. The Morgan fingerprint density at radius 2 is 2.21 bits per heavy atom. The van der Waals surface area contributed by atoms with Gasteiger partial charge in [0.1, 0.15) is 11.4 Å². The van der Waals surface area contributed by atoms with Crippen molar-refractivity contribution >= 4 is 15.9 Å². The van der Waals surface area contributed by atoms with Gasteiger partial charge in [-0.05, 0) is 47.4 Å². The molecule has 0 amide bonds. The van der Waals surface area contributed by atoms with Gasteiger partial charge in [0.05, 0.1) is 23.3 Å². The number of nitrogens with one attached hydrogen (secondary N) is 2. The zero-order valence-electron chi connectivity index (χ0n) is 10.7. The van der Waals surface area contributed by atoms with E-state index >= 15 is 0 Å². The first kappa shape index (κ1) is 12.7. The first-order valence-electron chi connectivity index (χ1n) is 6.42. The average Bonchev–Trinajstić information content (AvgIpc) is 3.08. The van der Waals surface area contributed by atoms with Crippen LogP contribution in [0, 0.1) is 0 Å². The summed E-state index contributed by atoms with van der Waals surface area (Å²) in [7, 11) is 1.68. The molecule has 2 heterocycles. The van der Waals surface area contributed by atoms with E-state index in [0.717, 1.165) is 40.1 Å². The fraction of sp³-hybridized carbons (Fsp3) is 0.357. The maximum Gasteiger partial charge on any atom is 0.128 e. The third-order valence-corrected chi connectivity index (χ3v) is 4.31. The fourth-order valence-corrected chi connectivity index (χ4v) is 3.19. The van der Waals surface area contributed by atoms with Gasteiger partial charge in [-0.15, -0.1) is 0 Å². The normalized spacial score (nSPS) is 18.7. The number of hydrogen-bond donors (Lipinski definition) is 2. The van der Waals surface area contributed by atoms with E-state index in [1.54, 1.807) is 7.11 Å². The molecule has 1 aromatic heterocycles. The van der Waals surface area contributed by atoms with E-state index in [-0.39, 0.29) is 0 Å². The van der Waals surface area contributed by atoms with Crippen molar-refractivity contribution in [3.05, 3.63) is 34.4 Å². The Morgan fingerprint density at radius 3 is 2.95 bits per heavy atom. The lowest BCUT2D eigenvalue weighted by Crippen LogP contribution is -2.13. The molecule has 2 N–H and O–H groups in total. The number of halogens is 1. The Hall–Kier alpha value is -1.33. The molecule has 0 radical (unpaired) electrons. The molecule has 4 nitrogen and oxygen atoms in total. The minimum Gasteiger partial charge on any atom is -0.496 e. The Labute approximate surface area is 120 Å². The summed E-state index contributed by atoms with van der Waals surface area (Å²) >= 11 is 3.67.